The second-order valence-electron chi connectivity index (χ2n) is 8.67. The van der Waals surface area contributed by atoms with Crippen LogP contribution in [0.2, 0.25) is 0 Å². The molecule has 1 heterocycles. The number of aromatic nitrogens is 2. The molecule has 0 spiro atoms. The molecule has 4 aromatic rings. The first-order chi connectivity index (χ1) is 17.8. The lowest BCUT2D eigenvalue weighted by Crippen LogP contribution is -2.38. The molecule has 4 rings (SSSR count). The van der Waals surface area contributed by atoms with E-state index in [0.29, 0.717) is 30.4 Å². The number of amides is 1. The highest BCUT2D eigenvalue weighted by Gasteiger charge is 2.21. The zero-order valence-corrected chi connectivity index (χ0v) is 19.9. The van der Waals surface area contributed by atoms with Crippen LogP contribution < -0.4 is 16.8 Å². The summed E-state index contributed by atoms with van der Waals surface area (Å²) in [5.74, 6) is -1.55. The lowest BCUT2D eigenvalue weighted by atomic mass is 10.1. The molecule has 9 nitrogen and oxygen atoms in total. The molecular formula is C26H26F2N6O3. The highest BCUT2D eigenvalue weighted by molar-refractivity contribution is 5.95. The minimum absolute atomic E-state index is 0.00295. The average molecular weight is 509 g/mol. The Bertz CT molecular complexity index is 1440. The number of halogens is 2. The second-order valence-corrected chi connectivity index (χ2v) is 8.67. The molecule has 0 saturated carbocycles. The van der Waals surface area contributed by atoms with Crippen LogP contribution in [-0.4, -0.2) is 39.5 Å². The maximum Gasteiger partial charge on any atom is 0.287 e. The zero-order valence-electron chi connectivity index (χ0n) is 19.9. The number of nitrogens with one attached hydrogen (secondary N) is 1. The van der Waals surface area contributed by atoms with Crippen LogP contribution in [0, 0.1) is 21.7 Å². The SMILES string of the molecule is NCCC[C@H](N)CNC(=O)c1nc2ccc(-c3ccc(F)cc3)cc2n1Cc1cc([N+](=O)[O-])ccc1F. The predicted octanol–water partition coefficient (Wildman–Crippen LogP) is 3.73. The van der Waals surface area contributed by atoms with Crippen molar-refractivity contribution < 1.29 is 18.5 Å². The molecule has 1 aromatic heterocycles. The van der Waals surface area contributed by atoms with Gasteiger partial charge in [-0.05, 0) is 60.8 Å². The number of rotatable bonds is 10. The lowest BCUT2D eigenvalue weighted by molar-refractivity contribution is -0.385. The Kier molecular flexibility index (Phi) is 7.85. The van der Waals surface area contributed by atoms with Crippen molar-refractivity contribution in [3.63, 3.8) is 0 Å². The number of carbonyl (C=O) groups is 1. The van der Waals surface area contributed by atoms with Gasteiger partial charge in [-0.15, -0.1) is 0 Å². The Hall–Kier alpha value is -4.22. The van der Waals surface area contributed by atoms with E-state index >= 15 is 0 Å². The summed E-state index contributed by atoms with van der Waals surface area (Å²) in [7, 11) is 0. The molecule has 37 heavy (non-hydrogen) atoms. The number of nitrogens with zero attached hydrogens (tertiary/aromatic N) is 3. The maximum absolute atomic E-state index is 14.7. The van der Waals surface area contributed by atoms with Crippen LogP contribution in [0.1, 0.15) is 29.0 Å². The van der Waals surface area contributed by atoms with E-state index in [1.165, 1.54) is 16.7 Å². The van der Waals surface area contributed by atoms with E-state index in [1.54, 1.807) is 30.3 Å². The number of nitrogens with two attached hydrogens (primary N) is 2. The second kappa shape index (κ2) is 11.2. The van der Waals surface area contributed by atoms with Gasteiger partial charge < -0.3 is 21.4 Å². The van der Waals surface area contributed by atoms with Gasteiger partial charge in [0.15, 0.2) is 5.82 Å². The monoisotopic (exact) mass is 508 g/mol. The summed E-state index contributed by atoms with van der Waals surface area (Å²) in [5.41, 5.74) is 13.7. The molecule has 11 heteroatoms. The van der Waals surface area contributed by atoms with E-state index in [0.717, 1.165) is 29.3 Å². The van der Waals surface area contributed by atoms with Gasteiger partial charge in [0.1, 0.15) is 11.6 Å². The zero-order chi connectivity index (χ0) is 26.5. The van der Waals surface area contributed by atoms with Gasteiger partial charge in [0, 0.05) is 30.3 Å². The third kappa shape index (κ3) is 5.96. The van der Waals surface area contributed by atoms with Gasteiger partial charge in [0.05, 0.1) is 22.5 Å². The fourth-order valence-corrected chi connectivity index (χ4v) is 4.03. The Morgan fingerprint density at radius 3 is 2.51 bits per heavy atom. The highest BCUT2D eigenvalue weighted by atomic mass is 19.1. The molecule has 0 unspecified atom stereocenters. The molecule has 0 saturated heterocycles. The van der Waals surface area contributed by atoms with Crippen molar-refractivity contribution in [2.75, 3.05) is 13.1 Å². The highest BCUT2D eigenvalue weighted by Crippen LogP contribution is 2.27. The summed E-state index contributed by atoms with van der Waals surface area (Å²) in [6.07, 6.45) is 1.35. The summed E-state index contributed by atoms with van der Waals surface area (Å²) in [4.78, 5) is 28.2. The molecule has 1 atom stereocenters. The van der Waals surface area contributed by atoms with Gasteiger partial charge in [-0.25, -0.2) is 13.8 Å². The molecule has 5 N–H and O–H groups in total. The van der Waals surface area contributed by atoms with Gasteiger partial charge in [0.25, 0.3) is 11.6 Å². The Labute approximate surface area is 211 Å². The first-order valence-corrected chi connectivity index (χ1v) is 11.7. The molecule has 1 amide bonds. The van der Waals surface area contributed by atoms with Gasteiger partial charge >= 0.3 is 0 Å². The number of hydrogen-bond acceptors (Lipinski definition) is 6. The molecule has 0 aliphatic heterocycles. The van der Waals surface area contributed by atoms with Crippen LogP contribution in [0.4, 0.5) is 14.5 Å². The Balaban J connectivity index is 1.76. The number of benzene rings is 3. The summed E-state index contributed by atoms with van der Waals surface area (Å²) in [5, 5.41) is 14.0. The lowest BCUT2D eigenvalue weighted by Gasteiger charge is -2.14. The average Bonchev–Trinajstić information content (AvgIpc) is 3.25. The van der Waals surface area contributed by atoms with E-state index < -0.39 is 16.6 Å². The molecule has 0 fully saturated rings. The number of nitro benzene ring substituents is 1. The molecular weight excluding hydrogens is 482 g/mol. The van der Waals surface area contributed by atoms with Crippen LogP contribution >= 0.6 is 0 Å². The van der Waals surface area contributed by atoms with Crippen molar-refractivity contribution in [3.05, 3.63) is 93.8 Å². The van der Waals surface area contributed by atoms with Crippen LogP contribution in [0.25, 0.3) is 22.2 Å². The minimum Gasteiger partial charge on any atom is -0.348 e. The van der Waals surface area contributed by atoms with E-state index in [-0.39, 0.29) is 42.0 Å². The number of fused-ring (bicyclic) bond motifs is 1. The molecule has 0 radical (unpaired) electrons. The summed E-state index contributed by atoms with van der Waals surface area (Å²) in [6.45, 7) is 0.496. The molecule has 192 valence electrons. The summed E-state index contributed by atoms with van der Waals surface area (Å²) >= 11 is 0. The van der Waals surface area contributed by atoms with Crippen LogP contribution in [0.3, 0.4) is 0 Å². The van der Waals surface area contributed by atoms with Gasteiger partial charge in [-0.3, -0.25) is 14.9 Å². The molecule has 0 aliphatic carbocycles. The van der Waals surface area contributed by atoms with Crippen molar-refractivity contribution in [3.8, 4) is 11.1 Å². The van der Waals surface area contributed by atoms with E-state index in [4.69, 9.17) is 11.5 Å². The van der Waals surface area contributed by atoms with Crippen molar-refractivity contribution in [2.45, 2.75) is 25.4 Å². The quantitative estimate of drug-likeness (QED) is 0.220. The first kappa shape index (κ1) is 25.9. The van der Waals surface area contributed by atoms with Gasteiger partial charge in [-0.2, -0.15) is 0 Å². The normalized spacial score (nSPS) is 12.0. The van der Waals surface area contributed by atoms with Crippen molar-refractivity contribution in [1.29, 1.82) is 0 Å². The van der Waals surface area contributed by atoms with E-state index in [2.05, 4.69) is 10.3 Å². The van der Waals surface area contributed by atoms with Crippen molar-refractivity contribution in [2.24, 2.45) is 11.5 Å². The van der Waals surface area contributed by atoms with Gasteiger partial charge in [-0.1, -0.05) is 18.2 Å². The predicted molar refractivity (Wildman–Crippen MR) is 136 cm³/mol. The third-order valence-corrected chi connectivity index (χ3v) is 6.00. The standard InChI is InChI=1S/C26H26F2N6O3/c27-19-6-3-16(4-7-19)17-5-10-23-24(13-17)33(15-18-12-21(34(36)37)8-9-22(18)28)25(32-23)26(35)31-14-20(30)2-1-11-29/h3-10,12-13,20H,1-2,11,14-15,29-30H2,(H,31,35)/t20-/m0/s1. The number of imidazole rings is 1. The maximum atomic E-state index is 14.7. The van der Waals surface area contributed by atoms with Crippen LogP contribution in [-0.2, 0) is 6.54 Å². The number of carbonyl (C=O) groups excluding carboxylic acids is 1. The largest absolute Gasteiger partial charge is 0.348 e. The molecule has 0 aliphatic rings. The summed E-state index contributed by atoms with van der Waals surface area (Å²) in [6, 6.07) is 14.1. The fraction of sp³-hybridized carbons (Fsp3) is 0.231. The number of non-ortho nitro benzene ring substituents is 1. The first-order valence-electron chi connectivity index (χ1n) is 11.7. The topological polar surface area (TPSA) is 142 Å². The Morgan fingerprint density at radius 1 is 1.08 bits per heavy atom. The summed E-state index contributed by atoms with van der Waals surface area (Å²) < 4.78 is 29.6. The molecule has 0 bridgehead atoms. The Morgan fingerprint density at radius 2 is 1.81 bits per heavy atom. The van der Waals surface area contributed by atoms with Crippen molar-refractivity contribution >= 4 is 22.6 Å². The minimum atomic E-state index is -0.655. The molecule has 3 aromatic carbocycles. The fourth-order valence-electron chi connectivity index (χ4n) is 4.03. The van der Waals surface area contributed by atoms with Gasteiger partial charge in [0.2, 0.25) is 0 Å². The van der Waals surface area contributed by atoms with E-state index in [1.807, 2.05) is 0 Å². The third-order valence-electron chi connectivity index (χ3n) is 6.00. The van der Waals surface area contributed by atoms with Crippen LogP contribution in [0.5, 0.6) is 0 Å². The van der Waals surface area contributed by atoms with Crippen molar-refractivity contribution in [1.82, 2.24) is 14.9 Å². The van der Waals surface area contributed by atoms with E-state index in [9.17, 15) is 23.7 Å². The van der Waals surface area contributed by atoms with Crippen LogP contribution in [0.15, 0.2) is 60.7 Å². The number of nitro groups is 1. The smallest absolute Gasteiger partial charge is 0.287 e. The number of hydrogen-bond donors (Lipinski definition) is 3.